The minimum atomic E-state index is -0.131. The van der Waals surface area contributed by atoms with Crippen LogP contribution in [0.3, 0.4) is 0 Å². The van der Waals surface area contributed by atoms with Gasteiger partial charge in [0.1, 0.15) is 0 Å². The lowest BCUT2D eigenvalue weighted by Crippen LogP contribution is -2.24. The molecule has 0 saturated carbocycles. The summed E-state index contributed by atoms with van der Waals surface area (Å²) in [6, 6.07) is 20.8. The van der Waals surface area contributed by atoms with Crippen molar-refractivity contribution in [3.63, 3.8) is 0 Å². The SMILES string of the molecule is O=C(CSCc1ccc(C(=O)Nc2ccccc2)cc1)NCc1cccs1. The molecule has 2 N–H and O–H groups in total. The van der Waals surface area contributed by atoms with Crippen molar-refractivity contribution in [1.29, 1.82) is 0 Å². The second-order valence-electron chi connectivity index (χ2n) is 5.87. The summed E-state index contributed by atoms with van der Waals surface area (Å²) in [4.78, 5) is 25.2. The van der Waals surface area contributed by atoms with Crippen LogP contribution in [0, 0.1) is 0 Å². The van der Waals surface area contributed by atoms with Crippen LogP contribution in [0.5, 0.6) is 0 Å². The van der Waals surface area contributed by atoms with Crippen molar-refractivity contribution in [1.82, 2.24) is 5.32 Å². The number of thioether (sulfide) groups is 1. The highest BCUT2D eigenvalue weighted by molar-refractivity contribution is 7.99. The van der Waals surface area contributed by atoms with Crippen molar-refractivity contribution in [2.75, 3.05) is 11.1 Å². The number of carbonyl (C=O) groups excluding carboxylic acids is 2. The molecule has 3 rings (SSSR count). The minimum Gasteiger partial charge on any atom is -0.350 e. The molecule has 0 saturated heterocycles. The van der Waals surface area contributed by atoms with Gasteiger partial charge in [-0.25, -0.2) is 0 Å². The van der Waals surface area contributed by atoms with Crippen molar-refractivity contribution in [2.45, 2.75) is 12.3 Å². The Bertz CT molecular complexity index is 863. The number of hydrogen-bond donors (Lipinski definition) is 2. The summed E-state index contributed by atoms with van der Waals surface area (Å²) in [7, 11) is 0. The normalized spacial score (nSPS) is 10.4. The van der Waals surface area contributed by atoms with Gasteiger partial charge in [0, 0.05) is 21.9 Å². The van der Waals surface area contributed by atoms with E-state index >= 15 is 0 Å². The van der Waals surface area contributed by atoms with Crippen molar-refractivity contribution in [3.8, 4) is 0 Å². The fraction of sp³-hybridized carbons (Fsp3) is 0.143. The quantitative estimate of drug-likeness (QED) is 0.587. The van der Waals surface area contributed by atoms with Gasteiger partial charge < -0.3 is 10.6 Å². The molecule has 2 amide bonds. The Morgan fingerprint density at radius 3 is 2.41 bits per heavy atom. The Morgan fingerprint density at radius 2 is 1.70 bits per heavy atom. The van der Waals surface area contributed by atoms with E-state index in [-0.39, 0.29) is 11.8 Å². The fourth-order valence-electron chi connectivity index (χ4n) is 2.39. The predicted molar refractivity (Wildman–Crippen MR) is 113 cm³/mol. The van der Waals surface area contributed by atoms with Crippen LogP contribution < -0.4 is 10.6 Å². The van der Waals surface area contributed by atoms with Gasteiger partial charge in [-0.2, -0.15) is 0 Å². The zero-order chi connectivity index (χ0) is 18.9. The van der Waals surface area contributed by atoms with Crippen LogP contribution >= 0.6 is 23.1 Å². The van der Waals surface area contributed by atoms with Gasteiger partial charge in [0.25, 0.3) is 5.91 Å². The standard InChI is InChI=1S/C21H20N2O2S2/c24-20(22-13-19-7-4-12-27-19)15-26-14-16-8-10-17(11-9-16)21(25)23-18-5-2-1-3-6-18/h1-12H,13-15H2,(H,22,24)(H,23,25). The molecule has 0 atom stereocenters. The summed E-state index contributed by atoms with van der Waals surface area (Å²) in [6.45, 7) is 0.586. The third-order valence-electron chi connectivity index (χ3n) is 3.79. The summed E-state index contributed by atoms with van der Waals surface area (Å²) in [6.07, 6.45) is 0. The van der Waals surface area contributed by atoms with Crippen LogP contribution in [0.1, 0.15) is 20.8 Å². The van der Waals surface area contributed by atoms with Gasteiger partial charge in [-0.3, -0.25) is 9.59 Å². The predicted octanol–water partition coefficient (Wildman–Crippen LogP) is 4.55. The lowest BCUT2D eigenvalue weighted by molar-refractivity contribution is -0.118. The van der Waals surface area contributed by atoms with Crippen LogP contribution in [0.4, 0.5) is 5.69 Å². The molecule has 0 spiro atoms. The lowest BCUT2D eigenvalue weighted by atomic mass is 10.1. The monoisotopic (exact) mass is 396 g/mol. The van der Waals surface area contributed by atoms with Gasteiger partial charge in [-0.15, -0.1) is 23.1 Å². The summed E-state index contributed by atoms with van der Waals surface area (Å²) < 4.78 is 0. The summed E-state index contributed by atoms with van der Waals surface area (Å²) in [5.41, 5.74) is 2.47. The Kier molecular flexibility index (Phi) is 7.07. The third-order valence-corrected chi connectivity index (χ3v) is 5.67. The second-order valence-corrected chi connectivity index (χ2v) is 7.88. The topological polar surface area (TPSA) is 58.2 Å². The van der Waals surface area contributed by atoms with Gasteiger partial charge >= 0.3 is 0 Å². The molecule has 0 aliphatic heterocycles. The number of amides is 2. The minimum absolute atomic E-state index is 0.0345. The molecular weight excluding hydrogens is 376 g/mol. The van der Waals surface area contributed by atoms with Gasteiger partial charge in [0.05, 0.1) is 12.3 Å². The van der Waals surface area contributed by atoms with Gasteiger partial charge in [0.2, 0.25) is 5.91 Å². The Morgan fingerprint density at radius 1 is 0.926 bits per heavy atom. The number of nitrogens with one attached hydrogen (secondary N) is 2. The molecule has 6 heteroatoms. The molecule has 27 heavy (non-hydrogen) atoms. The van der Waals surface area contributed by atoms with E-state index in [0.717, 1.165) is 21.9 Å². The maximum Gasteiger partial charge on any atom is 0.255 e. The van der Waals surface area contributed by atoms with Crippen LogP contribution in [0.15, 0.2) is 72.1 Å². The highest BCUT2D eigenvalue weighted by Gasteiger charge is 2.07. The molecule has 2 aromatic carbocycles. The van der Waals surface area contributed by atoms with Crippen LogP contribution in [0.2, 0.25) is 0 Å². The van der Waals surface area contributed by atoms with E-state index in [4.69, 9.17) is 0 Å². The molecule has 0 bridgehead atoms. The first-order chi connectivity index (χ1) is 13.2. The molecule has 138 valence electrons. The lowest BCUT2D eigenvalue weighted by Gasteiger charge is -2.07. The van der Waals surface area contributed by atoms with Crippen molar-refractivity contribution < 1.29 is 9.59 Å². The van der Waals surface area contributed by atoms with E-state index in [2.05, 4.69) is 10.6 Å². The molecule has 0 aliphatic carbocycles. The molecule has 1 heterocycles. The molecule has 0 fully saturated rings. The first-order valence-corrected chi connectivity index (χ1v) is 10.6. The molecule has 4 nitrogen and oxygen atoms in total. The summed E-state index contributed by atoms with van der Waals surface area (Å²) in [5, 5.41) is 7.78. The smallest absolute Gasteiger partial charge is 0.255 e. The largest absolute Gasteiger partial charge is 0.350 e. The van der Waals surface area contributed by atoms with Crippen molar-refractivity contribution in [2.24, 2.45) is 0 Å². The zero-order valence-corrected chi connectivity index (χ0v) is 16.3. The number of thiophene rings is 1. The molecule has 0 radical (unpaired) electrons. The van der Waals surface area contributed by atoms with Crippen LogP contribution in [-0.2, 0) is 17.1 Å². The maximum atomic E-state index is 12.2. The Hall–Kier alpha value is -2.57. The summed E-state index contributed by atoms with van der Waals surface area (Å²) in [5.74, 6) is 1.05. The number of rotatable bonds is 8. The van der Waals surface area contributed by atoms with Crippen LogP contribution in [-0.4, -0.2) is 17.6 Å². The van der Waals surface area contributed by atoms with Crippen LogP contribution in [0.25, 0.3) is 0 Å². The Balaban J connectivity index is 1.41. The van der Waals surface area contributed by atoms with E-state index in [1.165, 1.54) is 0 Å². The summed E-state index contributed by atoms with van der Waals surface area (Å²) >= 11 is 3.19. The average Bonchev–Trinajstić information content (AvgIpc) is 3.21. The number of carbonyl (C=O) groups is 2. The van der Waals surface area contributed by atoms with Gasteiger partial charge in [-0.1, -0.05) is 36.4 Å². The number of para-hydroxylation sites is 1. The highest BCUT2D eigenvalue weighted by Crippen LogP contribution is 2.15. The average molecular weight is 397 g/mol. The molecule has 0 aliphatic rings. The first kappa shape index (κ1) is 19.2. The van der Waals surface area contributed by atoms with Gasteiger partial charge in [0.15, 0.2) is 0 Å². The van der Waals surface area contributed by atoms with E-state index < -0.39 is 0 Å². The Labute approximate surface area is 167 Å². The molecule has 3 aromatic rings. The zero-order valence-electron chi connectivity index (χ0n) is 14.7. The molecule has 0 unspecified atom stereocenters. The third kappa shape index (κ3) is 6.27. The van der Waals surface area contributed by atoms with Gasteiger partial charge in [-0.05, 0) is 41.3 Å². The van der Waals surface area contributed by atoms with E-state index in [9.17, 15) is 9.59 Å². The number of hydrogen-bond acceptors (Lipinski definition) is 4. The highest BCUT2D eigenvalue weighted by atomic mass is 32.2. The van der Waals surface area contributed by atoms with E-state index in [1.807, 2.05) is 72.1 Å². The van der Waals surface area contributed by atoms with Crippen molar-refractivity contribution in [3.05, 3.63) is 88.1 Å². The van der Waals surface area contributed by atoms with E-state index in [0.29, 0.717) is 17.9 Å². The second kappa shape index (κ2) is 9.94. The molecular formula is C21H20N2O2S2. The number of anilines is 1. The molecule has 1 aromatic heterocycles. The van der Waals surface area contributed by atoms with E-state index in [1.54, 1.807) is 23.1 Å². The van der Waals surface area contributed by atoms with Crippen molar-refractivity contribution >= 4 is 40.6 Å². The first-order valence-electron chi connectivity index (χ1n) is 8.53. The fourth-order valence-corrected chi connectivity index (χ4v) is 3.85. The number of benzene rings is 2. The maximum absolute atomic E-state index is 12.2.